The molecule has 64 valence electrons. The largest absolute Gasteiger partial charge is 3.00 e. The van der Waals surface area contributed by atoms with Gasteiger partial charge in [0.05, 0.1) is 11.9 Å². The Bertz CT molecular complexity index is 284. The SMILES string of the molecule is O=C([O-])c1ccc(C(=O)[O-])cc1.[Bi+3]. The van der Waals surface area contributed by atoms with Crippen LogP contribution in [0.2, 0.25) is 0 Å². The first-order chi connectivity index (χ1) is 5.61. The summed E-state index contributed by atoms with van der Waals surface area (Å²) in [6, 6.07) is 4.61. The second-order valence-corrected chi connectivity index (χ2v) is 2.15. The molecule has 0 saturated carbocycles. The van der Waals surface area contributed by atoms with Crippen molar-refractivity contribution in [2.45, 2.75) is 0 Å². The number of hydrogen-bond donors (Lipinski definition) is 0. The minimum Gasteiger partial charge on any atom is -0.545 e. The Morgan fingerprint density at radius 2 is 1.08 bits per heavy atom. The molecule has 2 radical (unpaired) electrons. The van der Waals surface area contributed by atoms with E-state index in [0.717, 1.165) is 24.3 Å². The van der Waals surface area contributed by atoms with Gasteiger partial charge in [-0.1, -0.05) is 24.3 Å². The summed E-state index contributed by atoms with van der Waals surface area (Å²) >= 11 is 0. The van der Waals surface area contributed by atoms with E-state index in [4.69, 9.17) is 0 Å². The summed E-state index contributed by atoms with van der Waals surface area (Å²) < 4.78 is 0. The second-order valence-electron chi connectivity index (χ2n) is 2.15. The predicted molar refractivity (Wildman–Crippen MR) is 40.9 cm³/mol. The Hall–Kier alpha value is -0.957. The van der Waals surface area contributed by atoms with Gasteiger partial charge in [0.1, 0.15) is 0 Å². The van der Waals surface area contributed by atoms with Crippen LogP contribution in [0.1, 0.15) is 20.7 Å². The zero-order valence-corrected chi connectivity index (χ0v) is 9.87. The van der Waals surface area contributed by atoms with Gasteiger partial charge in [-0.15, -0.1) is 0 Å². The molecule has 0 saturated heterocycles. The van der Waals surface area contributed by atoms with E-state index >= 15 is 0 Å². The Labute approximate surface area is 93.3 Å². The number of benzene rings is 1. The van der Waals surface area contributed by atoms with Crippen LogP contribution in [0.15, 0.2) is 24.3 Å². The van der Waals surface area contributed by atoms with Crippen molar-refractivity contribution in [3.8, 4) is 0 Å². The molecule has 0 N–H and O–H groups in total. The van der Waals surface area contributed by atoms with Gasteiger partial charge in [-0.3, -0.25) is 0 Å². The molecule has 1 aromatic rings. The molecular formula is C8H4BiO4+. The fourth-order valence-electron chi connectivity index (χ4n) is 0.742. The predicted octanol–water partition coefficient (Wildman–Crippen LogP) is -1.97. The van der Waals surface area contributed by atoms with Crippen molar-refractivity contribution in [2.75, 3.05) is 0 Å². The number of carbonyl (C=O) groups is 2. The molecule has 0 fully saturated rings. The number of rotatable bonds is 2. The van der Waals surface area contributed by atoms with Crippen LogP contribution < -0.4 is 10.2 Å². The first-order valence-corrected chi connectivity index (χ1v) is 3.14. The van der Waals surface area contributed by atoms with E-state index in [1.54, 1.807) is 0 Å². The topological polar surface area (TPSA) is 80.3 Å². The Morgan fingerprint density at radius 1 is 0.846 bits per heavy atom. The first-order valence-electron chi connectivity index (χ1n) is 3.14. The maximum Gasteiger partial charge on any atom is 3.00 e. The molecular weight excluding hydrogens is 369 g/mol. The fraction of sp³-hybridized carbons (Fsp3) is 0. The molecule has 0 spiro atoms. The van der Waals surface area contributed by atoms with E-state index in [9.17, 15) is 19.8 Å². The zero-order chi connectivity index (χ0) is 9.14. The minimum absolute atomic E-state index is 0. The van der Waals surface area contributed by atoms with Crippen LogP contribution in [-0.2, 0) is 0 Å². The quantitative estimate of drug-likeness (QED) is 0.564. The van der Waals surface area contributed by atoms with Gasteiger partial charge in [0, 0.05) is 0 Å². The molecule has 0 heterocycles. The molecule has 1 aromatic carbocycles. The van der Waals surface area contributed by atoms with Crippen LogP contribution in [0.25, 0.3) is 0 Å². The summed E-state index contributed by atoms with van der Waals surface area (Å²) in [6.45, 7) is 0. The van der Waals surface area contributed by atoms with Crippen molar-refractivity contribution < 1.29 is 19.8 Å². The van der Waals surface area contributed by atoms with Gasteiger partial charge in [-0.2, -0.15) is 0 Å². The van der Waals surface area contributed by atoms with Crippen LogP contribution in [0.4, 0.5) is 0 Å². The third-order valence-electron chi connectivity index (χ3n) is 1.36. The Kier molecular flexibility index (Phi) is 4.56. The van der Waals surface area contributed by atoms with Crippen molar-refractivity contribution >= 4 is 38.1 Å². The maximum absolute atomic E-state index is 10.2. The molecule has 0 aliphatic carbocycles. The third-order valence-corrected chi connectivity index (χ3v) is 1.36. The molecule has 1 rings (SSSR count). The molecule has 0 aromatic heterocycles. The minimum atomic E-state index is -1.33. The molecule has 4 nitrogen and oxygen atoms in total. The monoisotopic (exact) mass is 373 g/mol. The molecule has 13 heavy (non-hydrogen) atoms. The molecule has 0 amide bonds. The Morgan fingerprint density at radius 3 is 1.23 bits per heavy atom. The van der Waals surface area contributed by atoms with Gasteiger partial charge in [0.2, 0.25) is 0 Å². The van der Waals surface area contributed by atoms with Crippen LogP contribution in [-0.4, -0.2) is 38.1 Å². The van der Waals surface area contributed by atoms with E-state index < -0.39 is 11.9 Å². The number of hydrogen-bond acceptors (Lipinski definition) is 4. The van der Waals surface area contributed by atoms with Gasteiger partial charge in [-0.05, 0) is 11.1 Å². The number of carbonyl (C=O) groups excluding carboxylic acids is 2. The molecule has 5 heteroatoms. The summed E-state index contributed by atoms with van der Waals surface area (Å²) in [4.78, 5) is 20.4. The number of carboxylic acid groups (broad SMARTS) is 2. The van der Waals surface area contributed by atoms with E-state index in [-0.39, 0.29) is 37.3 Å². The first kappa shape index (κ1) is 12.0. The van der Waals surface area contributed by atoms with Crippen LogP contribution in [0.3, 0.4) is 0 Å². The van der Waals surface area contributed by atoms with E-state index in [2.05, 4.69) is 0 Å². The summed E-state index contributed by atoms with van der Waals surface area (Å²) in [6.07, 6.45) is 0. The standard InChI is InChI=1S/C8H6O4.Bi/c9-7(10)5-1-2-6(4-3-5)8(11)12;/h1-4H,(H,9,10)(H,11,12);/q;+3/p-2. The van der Waals surface area contributed by atoms with Gasteiger partial charge >= 0.3 is 26.2 Å². The van der Waals surface area contributed by atoms with Crippen LogP contribution in [0, 0.1) is 0 Å². The maximum atomic E-state index is 10.2. The molecule has 0 aliphatic rings. The normalized spacial score (nSPS) is 8.62. The second kappa shape index (κ2) is 4.92. The van der Waals surface area contributed by atoms with Gasteiger partial charge in [-0.25, -0.2) is 0 Å². The van der Waals surface area contributed by atoms with Crippen molar-refractivity contribution in [3.63, 3.8) is 0 Å². The van der Waals surface area contributed by atoms with Crippen molar-refractivity contribution in [2.24, 2.45) is 0 Å². The summed E-state index contributed by atoms with van der Waals surface area (Å²) in [5.74, 6) is -2.67. The van der Waals surface area contributed by atoms with Gasteiger partial charge in [0.25, 0.3) is 0 Å². The number of carboxylic acids is 2. The zero-order valence-electron chi connectivity index (χ0n) is 6.39. The average molecular weight is 373 g/mol. The molecule has 0 bridgehead atoms. The van der Waals surface area contributed by atoms with Crippen molar-refractivity contribution in [1.29, 1.82) is 0 Å². The van der Waals surface area contributed by atoms with Gasteiger partial charge in [0.15, 0.2) is 0 Å². The Balaban J connectivity index is 0.00000144. The van der Waals surface area contributed by atoms with E-state index in [1.807, 2.05) is 0 Å². The van der Waals surface area contributed by atoms with E-state index in [0.29, 0.717) is 0 Å². The van der Waals surface area contributed by atoms with Crippen molar-refractivity contribution in [1.82, 2.24) is 0 Å². The summed E-state index contributed by atoms with van der Waals surface area (Å²) in [5, 5.41) is 20.4. The average Bonchev–Trinajstić information content (AvgIpc) is 2.04. The number of aromatic carboxylic acids is 2. The summed E-state index contributed by atoms with van der Waals surface area (Å²) in [5.41, 5.74) is -0.111. The summed E-state index contributed by atoms with van der Waals surface area (Å²) in [7, 11) is 0. The molecule has 0 atom stereocenters. The third kappa shape index (κ3) is 3.11. The van der Waals surface area contributed by atoms with Crippen molar-refractivity contribution in [3.05, 3.63) is 35.4 Å². The molecule has 0 aliphatic heterocycles. The van der Waals surface area contributed by atoms with Crippen LogP contribution >= 0.6 is 0 Å². The van der Waals surface area contributed by atoms with Gasteiger partial charge < -0.3 is 19.8 Å². The smallest absolute Gasteiger partial charge is 0.545 e. The molecule has 0 unspecified atom stereocenters. The fourth-order valence-corrected chi connectivity index (χ4v) is 0.742. The van der Waals surface area contributed by atoms with Crippen LogP contribution in [0.5, 0.6) is 0 Å². The van der Waals surface area contributed by atoms with E-state index in [1.165, 1.54) is 0 Å².